The molecule has 0 aliphatic carbocycles. The fourth-order valence-corrected chi connectivity index (χ4v) is 2.38. The van der Waals surface area contributed by atoms with E-state index < -0.39 is 6.10 Å². The number of hydrogen-bond acceptors (Lipinski definition) is 3. The Morgan fingerprint density at radius 1 is 1.24 bits per heavy atom. The van der Waals surface area contributed by atoms with E-state index in [2.05, 4.69) is 0 Å². The second kappa shape index (κ2) is 6.61. The molecule has 114 valence electrons. The van der Waals surface area contributed by atoms with Crippen LogP contribution < -0.4 is 4.74 Å². The third kappa shape index (κ3) is 3.74. The summed E-state index contributed by atoms with van der Waals surface area (Å²) < 4.78 is 5.82. The van der Waals surface area contributed by atoms with Crippen LogP contribution in [0.1, 0.15) is 18.1 Å². The summed E-state index contributed by atoms with van der Waals surface area (Å²) in [4.78, 5) is 26.5. The van der Waals surface area contributed by atoms with Gasteiger partial charge in [0.2, 0.25) is 6.41 Å². The van der Waals surface area contributed by atoms with Crippen LogP contribution in [0.15, 0.2) is 18.2 Å². The first-order valence-corrected chi connectivity index (χ1v) is 7.23. The van der Waals surface area contributed by atoms with Gasteiger partial charge in [-0.2, -0.15) is 0 Å². The van der Waals surface area contributed by atoms with E-state index in [0.717, 1.165) is 23.3 Å². The van der Waals surface area contributed by atoms with Gasteiger partial charge in [-0.05, 0) is 38.0 Å². The fourth-order valence-electron chi connectivity index (χ4n) is 2.38. The number of hydrogen-bond donors (Lipinski definition) is 0. The molecule has 0 radical (unpaired) electrons. The third-order valence-electron chi connectivity index (χ3n) is 3.77. The standard InChI is InChI=1S/C16H22N2O3/c1-12-4-5-13(2)15(10-12)21-14(3)16(20)18-8-6-17(11-19)7-9-18/h4-5,10-11,14H,6-9H2,1-3H3/t14-/m1/s1. The SMILES string of the molecule is Cc1ccc(C)c(O[C@H](C)C(=O)N2CCN(C=O)CC2)c1. The lowest BCUT2D eigenvalue weighted by Crippen LogP contribution is -2.51. The second-order valence-corrected chi connectivity index (χ2v) is 5.50. The Labute approximate surface area is 125 Å². The molecule has 1 fully saturated rings. The molecule has 0 saturated carbocycles. The predicted molar refractivity (Wildman–Crippen MR) is 80.2 cm³/mol. The quantitative estimate of drug-likeness (QED) is 0.787. The summed E-state index contributed by atoms with van der Waals surface area (Å²) in [6, 6.07) is 5.96. The molecule has 5 nitrogen and oxygen atoms in total. The number of amides is 2. The van der Waals surface area contributed by atoms with Crippen LogP contribution in [-0.4, -0.2) is 54.4 Å². The Morgan fingerprint density at radius 2 is 1.90 bits per heavy atom. The second-order valence-electron chi connectivity index (χ2n) is 5.50. The molecular weight excluding hydrogens is 268 g/mol. The predicted octanol–water partition coefficient (Wildman–Crippen LogP) is 1.37. The number of nitrogens with zero attached hydrogens (tertiary/aromatic N) is 2. The molecular formula is C16H22N2O3. The van der Waals surface area contributed by atoms with Crippen molar-refractivity contribution in [3.05, 3.63) is 29.3 Å². The molecule has 0 unspecified atom stereocenters. The Bertz CT molecular complexity index is 522. The van der Waals surface area contributed by atoms with Crippen LogP contribution in [0.2, 0.25) is 0 Å². The van der Waals surface area contributed by atoms with E-state index in [-0.39, 0.29) is 5.91 Å². The van der Waals surface area contributed by atoms with Gasteiger partial charge in [0.1, 0.15) is 5.75 Å². The van der Waals surface area contributed by atoms with E-state index in [9.17, 15) is 9.59 Å². The van der Waals surface area contributed by atoms with Crippen LogP contribution >= 0.6 is 0 Å². The lowest BCUT2D eigenvalue weighted by molar-refractivity contribution is -0.141. The van der Waals surface area contributed by atoms with Crippen molar-refractivity contribution in [2.45, 2.75) is 26.9 Å². The van der Waals surface area contributed by atoms with Gasteiger partial charge >= 0.3 is 0 Å². The molecule has 0 bridgehead atoms. The summed E-state index contributed by atoms with van der Waals surface area (Å²) in [5.41, 5.74) is 2.13. The summed E-state index contributed by atoms with van der Waals surface area (Å²) in [5, 5.41) is 0. The molecule has 0 spiro atoms. The van der Waals surface area contributed by atoms with Crippen molar-refractivity contribution in [1.82, 2.24) is 9.80 Å². The lowest BCUT2D eigenvalue weighted by atomic mass is 10.1. The Balaban J connectivity index is 1.96. The van der Waals surface area contributed by atoms with E-state index in [1.807, 2.05) is 32.0 Å². The Morgan fingerprint density at radius 3 is 2.52 bits per heavy atom. The molecule has 1 aromatic carbocycles. The normalized spacial score (nSPS) is 16.5. The number of piperazine rings is 1. The van der Waals surface area contributed by atoms with Crippen molar-refractivity contribution in [1.29, 1.82) is 0 Å². The molecule has 21 heavy (non-hydrogen) atoms. The van der Waals surface area contributed by atoms with Gasteiger partial charge in [0.25, 0.3) is 5.91 Å². The van der Waals surface area contributed by atoms with Crippen molar-refractivity contribution in [3.63, 3.8) is 0 Å². The Kier molecular flexibility index (Phi) is 4.83. The van der Waals surface area contributed by atoms with Gasteiger partial charge in [-0.15, -0.1) is 0 Å². The zero-order valence-corrected chi connectivity index (χ0v) is 12.8. The van der Waals surface area contributed by atoms with Gasteiger partial charge in [-0.3, -0.25) is 9.59 Å². The molecule has 1 saturated heterocycles. The maximum Gasteiger partial charge on any atom is 0.263 e. The van der Waals surface area contributed by atoms with Crippen LogP contribution in [0.25, 0.3) is 0 Å². The first-order chi connectivity index (χ1) is 10.0. The van der Waals surface area contributed by atoms with E-state index in [4.69, 9.17) is 4.74 Å². The van der Waals surface area contributed by atoms with E-state index >= 15 is 0 Å². The first-order valence-electron chi connectivity index (χ1n) is 7.23. The van der Waals surface area contributed by atoms with Crippen molar-refractivity contribution in [2.24, 2.45) is 0 Å². The number of carbonyl (C=O) groups is 2. The molecule has 1 aromatic rings. The summed E-state index contributed by atoms with van der Waals surface area (Å²) in [7, 11) is 0. The first kappa shape index (κ1) is 15.4. The van der Waals surface area contributed by atoms with Crippen molar-refractivity contribution in [2.75, 3.05) is 26.2 Å². The summed E-state index contributed by atoms with van der Waals surface area (Å²) in [6.45, 7) is 8.05. The number of rotatable bonds is 4. The lowest BCUT2D eigenvalue weighted by Gasteiger charge is -2.34. The number of aryl methyl sites for hydroxylation is 2. The summed E-state index contributed by atoms with van der Waals surface area (Å²) in [5.74, 6) is 0.726. The molecule has 1 aliphatic heterocycles. The maximum absolute atomic E-state index is 12.4. The average Bonchev–Trinajstić information content (AvgIpc) is 2.50. The highest BCUT2D eigenvalue weighted by molar-refractivity contribution is 5.81. The highest BCUT2D eigenvalue weighted by atomic mass is 16.5. The molecule has 1 aliphatic rings. The van der Waals surface area contributed by atoms with Crippen molar-refractivity contribution >= 4 is 12.3 Å². The third-order valence-corrected chi connectivity index (χ3v) is 3.77. The minimum Gasteiger partial charge on any atom is -0.481 e. The van der Waals surface area contributed by atoms with Gasteiger partial charge < -0.3 is 14.5 Å². The number of ether oxygens (including phenoxy) is 1. The van der Waals surface area contributed by atoms with Crippen molar-refractivity contribution < 1.29 is 14.3 Å². The summed E-state index contributed by atoms with van der Waals surface area (Å²) >= 11 is 0. The number of benzene rings is 1. The van der Waals surface area contributed by atoms with Gasteiger partial charge in [-0.25, -0.2) is 0 Å². The Hall–Kier alpha value is -2.04. The van der Waals surface area contributed by atoms with Gasteiger partial charge in [0, 0.05) is 26.2 Å². The van der Waals surface area contributed by atoms with E-state index in [0.29, 0.717) is 26.2 Å². The van der Waals surface area contributed by atoms with Gasteiger partial charge in [-0.1, -0.05) is 12.1 Å². The highest BCUT2D eigenvalue weighted by Crippen LogP contribution is 2.21. The maximum atomic E-state index is 12.4. The number of carbonyl (C=O) groups excluding carboxylic acids is 2. The van der Waals surface area contributed by atoms with Crippen LogP contribution in [0.4, 0.5) is 0 Å². The van der Waals surface area contributed by atoms with E-state index in [1.165, 1.54) is 0 Å². The summed E-state index contributed by atoms with van der Waals surface area (Å²) in [6.07, 6.45) is 0.311. The van der Waals surface area contributed by atoms with Crippen LogP contribution in [0.5, 0.6) is 5.75 Å². The van der Waals surface area contributed by atoms with Crippen LogP contribution in [0, 0.1) is 13.8 Å². The fraction of sp³-hybridized carbons (Fsp3) is 0.500. The minimum atomic E-state index is -0.520. The van der Waals surface area contributed by atoms with Gasteiger partial charge in [0.15, 0.2) is 6.10 Å². The molecule has 0 N–H and O–H groups in total. The molecule has 1 heterocycles. The van der Waals surface area contributed by atoms with Gasteiger partial charge in [0.05, 0.1) is 0 Å². The zero-order valence-electron chi connectivity index (χ0n) is 12.8. The molecule has 0 aromatic heterocycles. The zero-order chi connectivity index (χ0) is 15.4. The largest absolute Gasteiger partial charge is 0.481 e. The van der Waals surface area contributed by atoms with E-state index in [1.54, 1.807) is 16.7 Å². The highest BCUT2D eigenvalue weighted by Gasteiger charge is 2.25. The van der Waals surface area contributed by atoms with Crippen LogP contribution in [-0.2, 0) is 9.59 Å². The molecule has 5 heteroatoms. The average molecular weight is 290 g/mol. The molecule has 1 atom stereocenters. The van der Waals surface area contributed by atoms with Crippen LogP contribution in [0.3, 0.4) is 0 Å². The topological polar surface area (TPSA) is 49.9 Å². The molecule has 2 rings (SSSR count). The molecule has 2 amide bonds. The minimum absolute atomic E-state index is 0.0264. The monoisotopic (exact) mass is 290 g/mol. The van der Waals surface area contributed by atoms with Crippen molar-refractivity contribution in [3.8, 4) is 5.75 Å². The smallest absolute Gasteiger partial charge is 0.263 e.